The van der Waals surface area contributed by atoms with Crippen LogP contribution in [0.5, 0.6) is 0 Å². The normalized spacial score (nSPS) is 31.9. The average Bonchev–Trinajstić information content (AvgIpc) is 3.04. The highest BCUT2D eigenvalue weighted by Crippen LogP contribution is 2.45. The molecule has 3 aliphatic heterocycles. The first-order valence-corrected chi connectivity index (χ1v) is 8.03. The van der Waals surface area contributed by atoms with Crippen molar-refractivity contribution in [2.24, 2.45) is 0 Å². The van der Waals surface area contributed by atoms with Gasteiger partial charge in [-0.15, -0.1) is 0 Å². The van der Waals surface area contributed by atoms with Crippen LogP contribution in [0.3, 0.4) is 0 Å². The molecule has 1 fully saturated rings. The monoisotopic (exact) mass is 327 g/mol. The summed E-state index contributed by atoms with van der Waals surface area (Å²) in [7, 11) is 0. The molecule has 0 radical (unpaired) electrons. The van der Waals surface area contributed by atoms with Crippen LogP contribution in [-0.4, -0.2) is 31.9 Å². The van der Waals surface area contributed by atoms with E-state index in [1.165, 1.54) is 13.9 Å². The zero-order valence-electron chi connectivity index (χ0n) is 13.3. The number of aromatic nitrogens is 3. The number of rotatable bonds is 1. The fourth-order valence-electron chi connectivity index (χ4n) is 4.04. The Morgan fingerprint density at radius 1 is 0.875 bits per heavy atom. The predicted molar refractivity (Wildman–Crippen MR) is 85.3 cm³/mol. The second kappa shape index (κ2) is 4.37. The van der Waals surface area contributed by atoms with Gasteiger partial charge in [0.1, 0.15) is 24.3 Å². The van der Waals surface area contributed by atoms with Crippen molar-refractivity contribution in [3.05, 3.63) is 63.5 Å². The highest BCUT2D eigenvalue weighted by molar-refractivity contribution is 5.31. The maximum Gasteiger partial charge on any atom is 0.352 e. The van der Waals surface area contributed by atoms with E-state index < -0.39 is 5.79 Å². The lowest BCUT2D eigenvalue weighted by molar-refractivity contribution is -0.147. The Morgan fingerprint density at radius 3 is 1.88 bits per heavy atom. The number of nitrogens with zero attached hydrogens (tertiary/aromatic N) is 3. The molecular weight excluding hydrogens is 310 g/mol. The molecule has 0 N–H and O–H groups in total. The lowest BCUT2D eigenvalue weighted by Crippen LogP contribution is -2.53. The fourth-order valence-corrected chi connectivity index (χ4v) is 4.04. The maximum atomic E-state index is 12.9. The Kier molecular flexibility index (Phi) is 2.55. The highest BCUT2D eigenvalue weighted by Gasteiger charge is 2.55. The summed E-state index contributed by atoms with van der Waals surface area (Å²) in [5.74, 6) is -0.718. The van der Waals surface area contributed by atoms with Crippen molar-refractivity contribution in [2.75, 3.05) is 0 Å². The molecule has 1 aliphatic carbocycles. The van der Waals surface area contributed by atoms with Crippen molar-refractivity contribution in [3.63, 3.8) is 0 Å². The summed E-state index contributed by atoms with van der Waals surface area (Å²) in [6, 6.07) is 8.28. The SMILES string of the molecule is CC1(C)O[C@@H]2[C@H](O1)[C@@H]1C=C[C@H]2n2c(=O)n(-c3ccccc3)c(=O)n21. The summed E-state index contributed by atoms with van der Waals surface area (Å²) in [4.78, 5) is 25.9. The maximum absolute atomic E-state index is 12.9. The molecule has 4 atom stereocenters. The molecule has 6 rings (SSSR count). The molecule has 124 valence electrons. The van der Waals surface area contributed by atoms with Gasteiger partial charge in [0, 0.05) is 0 Å². The summed E-state index contributed by atoms with van der Waals surface area (Å²) in [6.07, 6.45) is 3.34. The molecule has 2 bridgehead atoms. The van der Waals surface area contributed by atoms with Crippen LogP contribution < -0.4 is 11.4 Å². The van der Waals surface area contributed by atoms with Gasteiger partial charge in [-0.2, -0.15) is 0 Å². The summed E-state index contributed by atoms with van der Waals surface area (Å²) in [5.41, 5.74) is -0.136. The first kappa shape index (κ1) is 14.0. The van der Waals surface area contributed by atoms with Crippen molar-refractivity contribution < 1.29 is 9.47 Å². The van der Waals surface area contributed by atoms with Gasteiger partial charge in [0.25, 0.3) is 0 Å². The predicted octanol–water partition coefficient (Wildman–Crippen LogP) is 0.986. The van der Waals surface area contributed by atoms with Crippen LogP contribution in [-0.2, 0) is 9.47 Å². The molecule has 0 spiro atoms. The lowest BCUT2D eigenvalue weighted by atomic mass is 9.90. The van der Waals surface area contributed by atoms with Crippen LogP contribution in [0.25, 0.3) is 5.69 Å². The Balaban J connectivity index is 1.74. The van der Waals surface area contributed by atoms with Crippen molar-refractivity contribution in [1.82, 2.24) is 13.9 Å². The third-order valence-corrected chi connectivity index (χ3v) is 4.93. The Labute approximate surface area is 137 Å². The van der Waals surface area contributed by atoms with E-state index in [-0.39, 0.29) is 35.7 Å². The fraction of sp³-hybridized carbons (Fsp3) is 0.412. The second-order valence-electron chi connectivity index (χ2n) is 6.86. The minimum atomic E-state index is -0.718. The second-order valence-corrected chi connectivity index (χ2v) is 6.86. The Hall–Kier alpha value is -2.38. The molecule has 1 aromatic carbocycles. The Morgan fingerprint density at radius 2 is 1.38 bits per heavy atom. The van der Waals surface area contributed by atoms with Gasteiger partial charge in [-0.1, -0.05) is 30.4 Å². The van der Waals surface area contributed by atoms with Crippen LogP contribution in [0, 0.1) is 0 Å². The van der Waals surface area contributed by atoms with Gasteiger partial charge in [0.05, 0.1) is 5.69 Å². The number of hydrogen-bond donors (Lipinski definition) is 0. The topological polar surface area (TPSA) is 67.4 Å². The number of para-hydroxylation sites is 1. The largest absolute Gasteiger partial charge is 0.352 e. The van der Waals surface area contributed by atoms with E-state index in [0.717, 1.165) is 0 Å². The molecule has 1 aromatic heterocycles. The molecule has 24 heavy (non-hydrogen) atoms. The minimum Gasteiger partial charge on any atom is -0.342 e. The van der Waals surface area contributed by atoms with E-state index in [9.17, 15) is 9.59 Å². The van der Waals surface area contributed by atoms with Gasteiger partial charge in [0.15, 0.2) is 5.79 Å². The van der Waals surface area contributed by atoms with Gasteiger partial charge in [-0.25, -0.2) is 23.5 Å². The third kappa shape index (κ3) is 1.63. The van der Waals surface area contributed by atoms with Crippen LogP contribution in [0.1, 0.15) is 25.9 Å². The van der Waals surface area contributed by atoms with E-state index in [4.69, 9.17) is 9.47 Å². The van der Waals surface area contributed by atoms with Crippen molar-refractivity contribution in [3.8, 4) is 5.69 Å². The molecule has 2 aromatic rings. The number of hydrogen-bond acceptors (Lipinski definition) is 4. The summed E-state index contributed by atoms with van der Waals surface area (Å²) in [6.45, 7) is 3.70. The van der Waals surface area contributed by atoms with Crippen LogP contribution in [0.15, 0.2) is 52.1 Å². The van der Waals surface area contributed by atoms with E-state index >= 15 is 0 Å². The van der Waals surface area contributed by atoms with Crippen molar-refractivity contribution in [2.45, 2.75) is 43.9 Å². The van der Waals surface area contributed by atoms with Gasteiger partial charge in [-0.3, -0.25) is 0 Å². The summed E-state index contributed by atoms with van der Waals surface area (Å²) in [5, 5.41) is 0. The molecule has 0 saturated carbocycles. The molecule has 4 heterocycles. The molecule has 4 aliphatic rings. The summed E-state index contributed by atoms with van der Waals surface area (Å²) < 4.78 is 16.2. The molecular formula is C17H17N3O4. The van der Waals surface area contributed by atoms with E-state index in [1.807, 2.05) is 32.1 Å². The minimum absolute atomic E-state index is 0.265. The van der Waals surface area contributed by atoms with Gasteiger partial charge >= 0.3 is 11.4 Å². The highest BCUT2D eigenvalue weighted by atomic mass is 16.8. The lowest BCUT2D eigenvalue weighted by Gasteiger charge is -2.40. The molecule has 7 nitrogen and oxygen atoms in total. The zero-order chi connectivity index (χ0) is 16.6. The number of benzene rings is 1. The smallest absolute Gasteiger partial charge is 0.342 e. The van der Waals surface area contributed by atoms with Crippen LogP contribution >= 0.6 is 0 Å². The van der Waals surface area contributed by atoms with Gasteiger partial charge in [-0.05, 0) is 26.0 Å². The van der Waals surface area contributed by atoms with Gasteiger partial charge in [0.2, 0.25) is 0 Å². The quantitative estimate of drug-likeness (QED) is 0.733. The van der Waals surface area contributed by atoms with Gasteiger partial charge < -0.3 is 9.47 Å². The Bertz CT molecular complexity index is 910. The van der Waals surface area contributed by atoms with E-state index in [0.29, 0.717) is 5.69 Å². The number of ether oxygens (including phenoxy) is 2. The van der Waals surface area contributed by atoms with Crippen LogP contribution in [0.2, 0.25) is 0 Å². The molecule has 7 heteroatoms. The molecule has 0 unspecified atom stereocenters. The first-order chi connectivity index (χ1) is 11.5. The van der Waals surface area contributed by atoms with Crippen molar-refractivity contribution >= 4 is 0 Å². The summed E-state index contributed by atoms with van der Waals surface area (Å²) >= 11 is 0. The van der Waals surface area contributed by atoms with E-state index in [1.54, 1.807) is 24.3 Å². The third-order valence-electron chi connectivity index (χ3n) is 4.93. The van der Waals surface area contributed by atoms with Crippen molar-refractivity contribution in [1.29, 1.82) is 0 Å². The van der Waals surface area contributed by atoms with Crippen LogP contribution in [0.4, 0.5) is 0 Å². The zero-order valence-corrected chi connectivity index (χ0v) is 13.3. The average molecular weight is 327 g/mol. The standard InChI is InChI=1S/C17H17N3O4/c1-17(2)23-13-11-8-9-12(14(13)24-17)20-16(22)18(15(21)19(11)20)10-6-4-3-5-7-10/h3-9,11-14H,1-2H3/t11-,12+,13+,14-. The first-order valence-electron chi connectivity index (χ1n) is 8.03. The molecule has 0 amide bonds. The van der Waals surface area contributed by atoms with E-state index in [2.05, 4.69) is 0 Å². The molecule has 1 saturated heterocycles.